The van der Waals surface area contributed by atoms with Gasteiger partial charge in [-0.3, -0.25) is 9.59 Å². The molecule has 0 spiro atoms. The van der Waals surface area contributed by atoms with Crippen LogP contribution in [0, 0.1) is 37.5 Å². The molecule has 26 heavy (non-hydrogen) atoms. The highest BCUT2D eigenvalue weighted by Crippen LogP contribution is 2.48. The van der Waals surface area contributed by atoms with E-state index in [1.807, 2.05) is 26.0 Å². The van der Waals surface area contributed by atoms with Crippen molar-refractivity contribution in [2.45, 2.75) is 40.2 Å². The van der Waals surface area contributed by atoms with Crippen molar-refractivity contribution in [3.63, 3.8) is 0 Å². The van der Waals surface area contributed by atoms with Gasteiger partial charge < -0.3 is 15.2 Å². The summed E-state index contributed by atoms with van der Waals surface area (Å²) in [6.45, 7) is 7.23. The summed E-state index contributed by atoms with van der Waals surface area (Å²) in [5, 5.41) is 12.8. The summed E-state index contributed by atoms with van der Waals surface area (Å²) in [6.07, 6.45) is 4.27. The number of aliphatic carboxylic acids is 1. The van der Waals surface area contributed by atoms with Crippen LogP contribution in [0.15, 0.2) is 12.2 Å². The Morgan fingerprint density at radius 3 is 2.38 bits per heavy atom. The van der Waals surface area contributed by atoms with Crippen LogP contribution in [0.2, 0.25) is 0 Å². The monoisotopic (exact) mass is 377 g/mol. The number of anilines is 1. The van der Waals surface area contributed by atoms with Gasteiger partial charge in [0.25, 0.3) is 0 Å². The molecule has 140 valence electrons. The van der Waals surface area contributed by atoms with E-state index in [2.05, 4.69) is 5.32 Å². The average molecular weight is 377 g/mol. The molecule has 1 heterocycles. The van der Waals surface area contributed by atoms with Gasteiger partial charge in [-0.25, -0.2) is 4.79 Å². The number of hydrogen-bond donors (Lipinski definition) is 2. The van der Waals surface area contributed by atoms with Crippen molar-refractivity contribution in [2.24, 2.45) is 23.7 Å². The number of hydrogen-bond acceptors (Lipinski definition) is 5. The molecule has 2 bridgehead atoms. The van der Waals surface area contributed by atoms with Crippen LogP contribution in [0.5, 0.6) is 0 Å². The fourth-order valence-electron chi connectivity index (χ4n) is 3.95. The molecule has 0 unspecified atom stereocenters. The Balaban J connectivity index is 1.86. The van der Waals surface area contributed by atoms with Crippen LogP contribution in [0.1, 0.15) is 41.1 Å². The number of carbonyl (C=O) groups is 3. The van der Waals surface area contributed by atoms with E-state index in [9.17, 15) is 19.5 Å². The van der Waals surface area contributed by atoms with Crippen molar-refractivity contribution in [1.82, 2.24) is 0 Å². The maximum atomic E-state index is 12.9. The molecule has 0 radical (unpaired) electrons. The molecule has 3 rings (SSSR count). The van der Waals surface area contributed by atoms with Crippen LogP contribution in [0.3, 0.4) is 0 Å². The van der Waals surface area contributed by atoms with Gasteiger partial charge in [-0.1, -0.05) is 12.2 Å². The van der Waals surface area contributed by atoms with Crippen molar-refractivity contribution >= 4 is 34.2 Å². The second kappa shape index (κ2) is 6.87. The normalized spacial score (nSPS) is 26.3. The quantitative estimate of drug-likeness (QED) is 0.606. The molecule has 1 aromatic heterocycles. The number of allylic oxidation sites excluding steroid dienone is 2. The van der Waals surface area contributed by atoms with E-state index >= 15 is 0 Å². The van der Waals surface area contributed by atoms with Gasteiger partial charge in [0.2, 0.25) is 5.91 Å². The predicted octanol–water partition coefficient (Wildman–Crippen LogP) is 3.39. The highest BCUT2D eigenvalue weighted by atomic mass is 32.1. The van der Waals surface area contributed by atoms with Crippen molar-refractivity contribution in [3.8, 4) is 0 Å². The first-order valence-corrected chi connectivity index (χ1v) is 9.55. The molecule has 6 nitrogen and oxygen atoms in total. The number of rotatable bonds is 5. The molecule has 4 atom stereocenters. The fourth-order valence-corrected chi connectivity index (χ4v) is 5.00. The maximum Gasteiger partial charge on any atom is 0.341 e. The molecular weight excluding hydrogens is 354 g/mol. The number of amides is 1. The minimum atomic E-state index is -0.944. The van der Waals surface area contributed by atoms with E-state index in [-0.39, 0.29) is 23.8 Å². The Kier molecular flexibility index (Phi) is 4.92. The average Bonchev–Trinajstić information content (AvgIpc) is 3.20. The number of carboxylic acids is 1. The third kappa shape index (κ3) is 3.16. The summed E-state index contributed by atoms with van der Waals surface area (Å²) >= 11 is 1.31. The Morgan fingerprint density at radius 1 is 1.19 bits per heavy atom. The summed E-state index contributed by atoms with van der Waals surface area (Å²) in [4.78, 5) is 37.9. The Labute approximate surface area is 156 Å². The first-order chi connectivity index (χ1) is 12.2. The minimum absolute atomic E-state index is 0.0608. The van der Waals surface area contributed by atoms with Gasteiger partial charge >= 0.3 is 11.9 Å². The van der Waals surface area contributed by atoms with Gasteiger partial charge in [-0.05, 0) is 51.5 Å². The maximum absolute atomic E-state index is 12.9. The largest absolute Gasteiger partial charge is 0.481 e. The van der Waals surface area contributed by atoms with Crippen LogP contribution >= 0.6 is 11.3 Å². The van der Waals surface area contributed by atoms with Gasteiger partial charge in [-0.15, -0.1) is 11.3 Å². The molecular formula is C19H23NO5S. The summed E-state index contributed by atoms with van der Waals surface area (Å²) in [5.41, 5.74) is 1.14. The number of fused-ring (bicyclic) bond motifs is 2. The highest BCUT2D eigenvalue weighted by Gasteiger charge is 2.51. The Bertz CT molecular complexity index is 794. The SMILES string of the molecule is Cc1sc(NC(=O)[C@H]2[C@@H](C(=O)O)[C@H]3C=C[C@@H]2C3)c(C(=O)OC(C)C)c1C. The first kappa shape index (κ1) is 18.6. The predicted molar refractivity (Wildman–Crippen MR) is 98.3 cm³/mol. The highest BCUT2D eigenvalue weighted by molar-refractivity contribution is 7.16. The molecule has 2 aliphatic carbocycles. The van der Waals surface area contributed by atoms with E-state index in [0.29, 0.717) is 17.0 Å². The third-order valence-corrected chi connectivity index (χ3v) is 6.34. The molecule has 2 aliphatic rings. The van der Waals surface area contributed by atoms with Crippen molar-refractivity contribution in [2.75, 3.05) is 5.32 Å². The van der Waals surface area contributed by atoms with Crippen LogP contribution < -0.4 is 5.32 Å². The molecule has 7 heteroatoms. The first-order valence-electron chi connectivity index (χ1n) is 8.73. The summed E-state index contributed by atoms with van der Waals surface area (Å²) in [5.74, 6) is -3.23. The molecule has 0 aliphatic heterocycles. The van der Waals surface area contributed by atoms with Crippen molar-refractivity contribution in [1.29, 1.82) is 0 Å². The number of nitrogens with one attached hydrogen (secondary N) is 1. The van der Waals surface area contributed by atoms with Crippen LogP contribution in [-0.4, -0.2) is 29.1 Å². The second-order valence-corrected chi connectivity index (χ2v) is 8.49. The molecule has 1 fully saturated rings. The Morgan fingerprint density at radius 2 is 1.81 bits per heavy atom. The van der Waals surface area contributed by atoms with Crippen LogP contribution in [0.4, 0.5) is 5.00 Å². The number of ether oxygens (including phenoxy) is 1. The molecule has 1 saturated carbocycles. The molecule has 2 N–H and O–H groups in total. The lowest BCUT2D eigenvalue weighted by Gasteiger charge is -2.23. The number of esters is 1. The zero-order chi connectivity index (χ0) is 19.2. The summed E-state index contributed by atoms with van der Waals surface area (Å²) in [6, 6.07) is 0. The lowest BCUT2D eigenvalue weighted by Crippen LogP contribution is -2.36. The number of carboxylic acid groups (broad SMARTS) is 1. The summed E-state index contributed by atoms with van der Waals surface area (Å²) in [7, 11) is 0. The van der Waals surface area contributed by atoms with Crippen LogP contribution in [0.25, 0.3) is 0 Å². The number of carbonyl (C=O) groups excluding carboxylic acids is 2. The lowest BCUT2D eigenvalue weighted by atomic mass is 9.82. The van der Waals surface area contributed by atoms with Crippen molar-refractivity contribution < 1.29 is 24.2 Å². The van der Waals surface area contributed by atoms with E-state index in [1.54, 1.807) is 13.8 Å². The fraction of sp³-hybridized carbons (Fsp3) is 0.526. The molecule has 0 aromatic carbocycles. The number of aryl methyl sites for hydroxylation is 1. The van der Waals surface area contributed by atoms with Crippen LogP contribution in [-0.2, 0) is 14.3 Å². The van der Waals surface area contributed by atoms with Gasteiger partial charge in [-0.2, -0.15) is 0 Å². The molecule has 0 saturated heterocycles. The zero-order valence-corrected chi connectivity index (χ0v) is 16.1. The number of thiophene rings is 1. The van der Waals surface area contributed by atoms with Gasteiger partial charge in [0.1, 0.15) is 5.00 Å². The smallest absolute Gasteiger partial charge is 0.341 e. The lowest BCUT2D eigenvalue weighted by molar-refractivity contribution is -0.146. The van der Waals surface area contributed by atoms with Gasteiger partial charge in [0, 0.05) is 4.88 Å². The molecule has 1 aromatic rings. The van der Waals surface area contributed by atoms with Gasteiger partial charge in [0.15, 0.2) is 0 Å². The van der Waals surface area contributed by atoms with E-state index < -0.39 is 23.8 Å². The van der Waals surface area contributed by atoms with Gasteiger partial charge in [0.05, 0.1) is 23.5 Å². The minimum Gasteiger partial charge on any atom is -0.481 e. The van der Waals surface area contributed by atoms with Crippen molar-refractivity contribution in [3.05, 3.63) is 28.2 Å². The van der Waals surface area contributed by atoms with E-state index in [1.165, 1.54) is 11.3 Å². The topological polar surface area (TPSA) is 92.7 Å². The Hall–Kier alpha value is -2.15. The third-order valence-electron chi connectivity index (χ3n) is 5.22. The summed E-state index contributed by atoms with van der Waals surface area (Å²) < 4.78 is 5.30. The van der Waals surface area contributed by atoms with E-state index in [0.717, 1.165) is 10.4 Å². The zero-order valence-electron chi connectivity index (χ0n) is 15.2. The van der Waals surface area contributed by atoms with E-state index in [4.69, 9.17) is 4.74 Å². The second-order valence-electron chi connectivity index (χ2n) is 7.27. The standard InChI is InChI=1S/C19H23NO5S/c1-8(2)25-19(24)13-9(3)10(4)26-17(13)20-16(21)14-11-5-6-12(7-11)15(14)18(22)23/h5-6,8,11-12,14-15H,7H2,1-4H3,(H,20,21)(H,22,23)/t11-,12+,14-,15+/m1/s1. The molecule has 1 amide bonds.